The van der Waals surface area contributed by atoms with Crippen molar-refractivity contribution in [2.24, 2.45) is 5.92 Å². The second kappa shape index (κ2) is 9.40. The maximum Gasteiger partial charge on any atom is 0.426 e. The number of aromatic nitrogens is 2. The predicted octanol–water partition coefficient (Wildman–Crippen LogP) is 3.92. The molecule has 0 saturated heterocycles. The molecule has 0 aliphatic carbocycles. The van der Waals surface area contributed by atoms with E-state index in [0.717, 1.165) is 17.1 Å². The molecule has 7 nitrogen and oxygen atoms in total. The monoisotopic (exact) mass is 451 g/mol. The molecule has 3 aromatic rings. The van der Waals surface area contributed by atoms with Crippen molar-refractivity contribution < 1.29 is 22.3 Å². The molecular formula is C20H22FN3O4S2. The van der Waals surface area contributed by atoms with Crippen molar-refractivity contribution in [1.82, 2.24) is 14.3 Å². The number of aryl methyl sites for hydroxylation is 1. The van der Waals surface area contributed by atoms with Crippen LogP contribution in [0.2, 0.25) is 0 Å². The first-order valence-electron chi connectivity index (χ1n) is 9.25. The second-order valence-corrected chi connectivity index (χ2v) is 9.02. The van der Waals surface area contributed by atoms with Gasteiger partial charge in [-0.25, -0.2) is 27.3 Å². The van der Waals surface area contributed by atoms with Gasteiger partial charge in [-0.1, -0.05) is 26.0 Å². The summed E-state index contributed by atoms with van der Waals surface area (Å²) in [6.45, 7) is 6.31. The molecule has 3 rings (SSSR count). The fourth-order valence-corrected chi connectivity index (χ4v) is 4.41. The van der Waals surface area contributed by atoms with Crippen LogP contribution in [0, 0.1) is 18.7 Å². The van der Waals surface area contributed by atoms with Gasteiger partial charge in [0.2, 0.25) is 10.9 Å². The van der Waals surface area contributed by atoms with Crippen molar-refractivity contribution in [3.05, 3.63) is 58.7 Å². The minimum absolute atomic E-state index is 0.220. The van der Waals surface area contributed by atoms with Crippen LogP contribution >= 0.6 is 11.3 Å². The van der Waals surface area contributed by atoms with Crippen LogP contribution in [0.1, 0.15) is 30.1 Å². The molecule has 0 aliphatic rings. The number of carbonyl (C=O) groups is 1. The number of nitrogens with one attached hydrogen (secondary N) is 1. The minimum Gasteiger partial charge on any atom is -0.398 e. The van der Waals surface area contributed by atoms with E-state index in [2.05, 4.69) is 18.8 Å². The Morgan fingerprint density at radius 1 is 1.33 bits per heavy atom. The number of nitrogens with zero attached hydrogens (tertiary/aromatic N) is 2. The van der Waals surface area contributed by atoms with E-state index in [4.69, 9.17) is 4.74 Å². The zero-order chi connectivity index (χ0) is 21.8. The molecule has 2 aromatic heterocycles. The Bertz CT molecular complexity index is 1130. The third-order valence-corrected chi connectivity index (χ3v) is 5.76. The number of halogens is 1. The summed E-state index contributed by atoms with van der Waals surface area (Å²) in [6.07, 6.45) is 3.09. The molecule has 0 fully saturated rings. The highest BCUT2D eigenvalue weighted by atomic mass is 32.2. The number of hydrogen-bond donors (Lipinski definition) is 2. The van der Waals surface area contributed by atoms with Gasteiger partial charge >= 0.3 is 6.09 Å². The van der Waals surface area contributed by atoms with Gasteiger partial charge in [-0.15, -0.1) is 11.3 Å². The van der Waals surface area contributed by atoms with Crippen molar-refractivity contribution in [2.45, 2.75) is 33.7 Å². The maximum atomic E-state index is 14.8. The Morgan fingerprint density at radius 2 is 2.10 bits per heavy atom. The van der Waals surface area contributed by atoms with Crippen LogP contribution in [-0.4, -0.2) is 24.1 Å². The molecular weight excluding hydrogens is 429 g/mol. The van der Waals surface area contributed by atoms with Gasteiger partial charge in [0, 0.05) is 28.4 Å². The van der Waals surface area contributed by atoms with Gasteiger partial charge in [-0.2, -0.15) is 0 Å². The van der Waals surface area contributed by atoms with Crippen molar-refractivity contribution in [1.29, 1.82) is 0 Å². The van der Waals surface area contributed by atoms with Gasteiger partial charge in [0.25, 0.3) is 0 Å². The lowest BCUT2D eigenvalue weighted by Crippen LogP contribution is -2.24. The number of thiol groups is 1. The number of rotatable bonds is 7. The SMILES string of the molecule is Cc1nccn1Cc1ccc(-c2cc(CC(C)C)sc2OC(=O)N[SH](=O)=O)cc1F. The van der Waals surface area contributed by atoms with Crippen LogP contribution in [0.5, 0.6) is 5.06 Å². The Morgan fingerprint density at radius 3 is 2.70 bits per heavy atom. The summed E-state index contributed by atoms with van der Waals surface area (Å²) in [7, 11) is -3.13. The number of hydrogen-bond acceptors (Lipinski definition) is 6. The standard InChI is InChI=1S/C20H22FN3O4S2/c1-12(2)8-16-10-17(19(29-16)28-20(25)23-30(26)27)14-4-5-15(18(21)9-14)11-24-7-6-22-13(24)3/h4-7,9-10,12,30H,8,11H2,1-3H3,(H,23,25,26,27). The molecule has 0 saturated carbocycles. The molecule has 0 atom stereocenters. The molecule has 2 heterocycles. The van der Waals surface area contributed by atoms with Crippen LogP contribution < -0.4 is 9.46 Å². The van der Waals surface area contributed by atoms with Crippen LogP contribution in [0.3, 0.4) is 0 Å². The van der Waals surface area contributed by atoms with Crippen molar-refractivity contribution in [3.63, 3.8) is 0 Å². The lowest BCUT2D eigenvalue weighted by atomic mass is 10.0. The van der Waals surface area contributed by atoms with E-state index in [9.17, 15) is 17.6 Å². The summed E-state index contributed by atoms with van der Waals surface area (Å²) in [5, 5.41) is 0.220. The second-order valence-electron chi connectivity index (χ2n) is 7.18. The Kier molecular flexibility index (Phi) is 6.88. The number of thiophene rings is 1. The van der Waals surface area contributed by atoms with Crippen LogP contribution in [-0.2, 0) is 23.9 Å². The summed E-state index contributed by atoms with van der Waals surface area (Å²) in [5.74, 6) is 0.759. The van der Waals surface area contributed by atoms with Crippen LogP contribution in [0.25, 0.3) is 11.1 Å². The largest absolute Gasteiger partial charge is 0.426 e. The first kappa shape index (κ1) is 22.0. The summed E-state index contributed by atoms with van der Waals surface area (Å²) in [4.78, 5) is 16.9. The molecule has 0 unspecified atom stereocenters. The smallest absolute Gasteiger partial charge is 0.398 e. The van der Waals surface area contributed by atoms with Gasteiger partial charge in [0.15, 0.2) is 5.06 Å². The normalized spacial score (nSPS) is 11.3. The highest BCUT2D eigenvalue weighted by Gasteiger charge is 2.18. The van der Waals surface area contributed by atoms with Gasteiger partial charge in [0.1, 0.15) is 11.6 Å². The zero-order valence-electron chi connectivity index (χ0n) is 16.7. The van der Waals surface area contributed by atoms with Gasteiger partial charge in [-0.05, 0) is 37.0 Å². The molecule has 1 N–H and O–H groups in total. The molecule has 1 aromatic carbocycles. The van der Waals surface area contributed by atoms with Crippen molar-refractivity contribution in [3.8, 4) is 16.2 Å². The Hall–Kier alpha value is -2.72. The molecule has 0 aliphatic heterocycles. The van der Waals surface area contributed by atoms with Gasteiger partial charge in [0.05, 0.1) is 6.54 Å². The highest BCUT2D eigenvalue weighted by molar-refractivity contribution is 7.70. The number of ether oxygens (including phenoxy) is 1. The lowest BCUT2D eigenvalue weighted by molar-refractivity contribution is 0.208. The Labute approximate surface area is 179 Å². The van der Waals surface area contributed by atoms with E-state index in [-0.39, 0.29) is 5.06 Å². The van der Waals surface area contributed by atoms with E-state index in [0.29, 0.717) is 29.2 Å². The average Bonchev–Trinajstić information content (AvgIpc) is 3.21. The molecule has 30 heavy (non-hydrogen) atoms. The van der Waals surface area contributed by atoms with E-state index in [1.165, 1.54) is 17.4 Å². The fraction of sp³-hybridized carbons (Fsp3) is 0.300. The molecule has 10 heteroatoms. The van der Waals surface area contributed by atoms with Gasteiger partial charge in [-0.3, -0.25) is 0 Å². The summed E-state index contributed by atoms with van der Waals surface area (Å²) in [5.41, 5.74) is 1.58. The quantitative estimate of drug-likeness (QED) is 0.532. The summed E-state index contributed by atoms with van der Waals surface area (Å²) < 4.78 is 45.0. The fourth-order valence-electron chi connectivity index (χ4n) is 2.98. The molecule has 1 amide bonds. The van der Waals surface area contributed by atoms with Gasteiger partial charge < -0.3 is 9.30 Å². The van der Waals surface area contributed by atoms with Crippen LogP contribution in [0.15, 0.2) is 36.7 Å². The third-order valence-electron chi connectivity index (χ3n) is 4.35. The van der Waals surface area contributed by atoms with E-state index < -0.39 is 22.8 Å². The minimum atomic E-state index is -3.13. The first-order valence-corrected chi connectivity index (χ1v) is 11.2. The number of amides is 1. The number of benzene rings is 1. The number of imidazole rings is 1. The molecule has 160 valence electrons. The molecule has 0 bridgehead atoms. The lowest BCUT2D eigenvalue weighted by Gasteiger charge is -2.09. The topological polar surface area (TPSA) is 90.3 Å². The Balaban J connectivity index is 1.92. The summed E-state index contributed by atoms with van der Waals surface area (Å²) in [6, 6.07) is 6.67. The van der Waals surface area contributed by atoms with E-state index in [1.807, 2.05) is 17.6 Å². The van der Waals surface area contributed by atoms with Crippen molar-refractivity contribution in [2.75, 3.05) is 0 Å². The maximum absolute atomic E-state index is 14.8. The third kappa shape index (κ3) is 5.45. The average molecular weight is 452 g/mol. The molecule has 0 radical (unpaired) electrons. The summed E-state index contributed by atoms with van der Waals surface area (Å²) >= 11 is 1.24. The molecule has 0 spiro atoms. The van der Waals surface area contributed by atoms with E-state index in [1.54, 1.807) is 29.2 Å². The van der Waals surface area contributed by atoms with Crippen molar-refractivity contribution >= 4 is 28.3 Å². The first-order chi connectivity index (χ1) is 14.2. The zero-order valence-corrected chi connectivity index (χ0v) is 18.4. The highest BCUT2D eigenvalue weighted by Crippen LogP contribution is 2.40. The van der Waals surface area contributed by atoms with E-state index >= 15 is 0 Å². The van der Waals surface area contributed by atoms with Crippen LogP contribution in [0.4, 0.5) is 9.18 Å². The predicted molar refractivity (Wildman–Crippen MR) is 114 cm³/mol. The number of carbonyl (C=O) groups excluding carboxylic acids is 1.